The van der Waals surface area contributed by atoms with Gasteiger partial charge in [-0.3, -0.25) is 0 Å². The Bertz CT molecular complexity index is 249. The van der Waals surface area contributed by atoms with Crippen LogP contribution in [0, 0.1) is 10.7 Å². The summed E-state index contributed by atoms with van der Waals surface area (Å²) in [4.78, 5) is 1.01. The molecule has 1 aromatic rings. The summed E-state index contributed by atoms with van der Waals surface area (Å²) in [6.07, 6.45) is 0. The summed E-state index contributed by atoms with van der Waals surface area (Å²) in [5.74, 6) is 0. The third-order valence-electron chi connectivity index (χ3n) is 1.18. The first-order valence-electron chi connectivity index (χ1n) is 2.95. The summed E-state index contributed by atoms with van der Waals surface area (Å²) >= 11 is 1.19. The number of thioether (sulfide) groups is 1. The normalized spacial score (nSPS) is 8.70. The third kappa shape index (κ3) is 1.82. The van der Waals surface area contributed by atoms with Crippen LogP contribution in [-0.4, -0.2) is 7.85 Å². The van der Waals surface area contributed by atoms with Gasteiger partial charge in [-0.15, -0.1) is 0 Å². The predicted molar refractivity (Wildman–Crippen MR) is 46.1 cm³/mol. The Kier molecular flexibility index (Phi) is 2.41. The van der Waals surface area contributed by atoms with Crippen LogP contribution in [0.1, 0.15) is 0 Å². The molecule has 0 aliphatic carbocycles. The third-order valence-corrected chi connectivity index (χ3v) is 1.78. The molecular weight excluding hydrogens is 141 g/mol. The summed E-state index contributed by atoms with van der Waals surface area (Å²) in [5, 5.41) is 10.3. The molecule has 3 heteroatoms. The molecule has 1 aromatic carbocycles. The first-order valence-corrected chi connectivity index (χ1v) is 3.77. The minimum atomic E-state index is 1.01. The van der Waals surface area contributed by atoms with Crippen molar-refractivity contribution in [3.63, 3.8) is 0 Å². The molecule has 0 amide bonds. The molecule has 0 heterocycles. The molecule has 0 fully saturated rings. The monoisotopic (exact) mass is 147 g/mol. The van der Waals surface area contributed by atoms with Crippen molar-refractivity contribution in [2.75, 3.05) is 0 Å². The van der Waals surface area contributed by atoms with Crippen molar-refractivity contribution in [1.82, 2.24) is 0 Å². The Balaban J connectivity index is 2.81. The van der Waals surface area contributed by atoms with Gasteiger partial charge in [-0.25, -0.2) is 0 Å². The average molecular weight is 147 g/mol. The number of hydrogen-bond acceptors (Lipinski definition) is 2. The second-order valence-electron chi connectivity index (χ2n) is 2.01. The molecule has 0 unspecified atom stereocenters. The SMILES string of the molecule is Bc1ccc(SC#N)cc1. The van der Waals surface area contributed by atoms with E-state index in [1.165, 1.54) is 17.2 Å². The van der Waals surface area contributed by atoms with Gasteiger partial charge in [-0.2, -0.15) is 5.26 Å². The molecule has 0 saturated heterocycles. The number of nitriles is 1. The lowest BCUT2D eigenvalue weighted by atomic mass is 9.97. The summed E-state index contributed by atoms with van der Waals surface area (Å²) in [7, 11) is 2.03. The molecule has 1 rings (SSSR count). The minimum Gasteiger partial charge on any atom is -0.185 e. The second-order valence-corrected chi connectivity index (χ2v) is 2.86. The Morgan fingerprint density at radius 3 is 2.40 bits per heavy atom. The maximum absolute atomic E-state index is 8.30. The van der Waals surface area contributed by atoms with Crippen LogP contribution >= 0.6 is 11.8 Å². The molecule has 0 radical (unpaired) electrons. The van der Waals surface area contributed by atoms with Crippen molar-refractivity contribution in [2.45, 2.75) is 4.90 Å². The van der Waals surface area contributed by atoms with Gasteiger partial charge in [-0.05, 0) is 23.9 Å². The Labute approximate surface area is 65.5 Å². The molecule has 0 atom stereocenters. The molecular formula is C7H6BNS. The standard InChI is InChI=1S/C7H6BNS/c8-6-1-3-7(4-2-6)10-5-9/h1-4H,8H2. The van der Waals surface area contributed by atoms with Gasteiger partial charge in [0, 0.05) is 4.90 Å². The largest absolute Gasteiger partial charge is 0.185 e. The fraction of sp³-hybridized carbons (Fsp3) is 0. The van der Waals surface area contributed by atoms with Gasteiger partial charge in [0.15, 0.2) is 0 Å². The molecule has 0 aliphatic heterocycles. The number of rotatable bonds is 1. The average Bonchev–Trinajstić information content (AvgIpc) is 1.95. The van der Waals surface area contributed by atoms with Crippen LogP contribution < -0.4 is 5.46 Å². The molecule has 0 bridgehead atoms. The smallest absolute Gasteiger partial charge is 0.139 e. The highest BCUT2D eigenvalue weighted by atomic mass is 32.2. The Hall–Kier alpha value is -0.875. The van der Waals surface area contributed by atoms with E-state index in [1.54, 1.807) is 0 Å². The van der Waals surface area contributed by atoms with Gasteiger partial charge in [-0.1, -0.05) is 17.6 Å². The van der Waals surface area contributed by atoms with Gasteiger partial charge in [0.05, 0.1) is 0 Å². The Morgan fingerprint density at radius 2 is 1.90 bits per heavy atom. The lowest BCUT2D eigenvalue weighted by Crippen LogP contribution is -1.98. The van der Waals surface area contributed by atoms with Crippen molar-refractivity contribution in [3.8, 4) is 5.40 Å². The first-order chi connectivity index (χ1) is 4.83. The summed E-state index contributed by atoms with van der Waals surface area (Å²) < 4.78 is 0. The fourth-order valence-electron chi connectivity index (χ4n) is 0.659. The van der Waals surface area contributed by atoms with Crippen LogP contribution in [0.5, 0.6) is 0 Å². The molecule has 0 N–H and O–H groups in total. The zero-order valence-corrected chi connectivity index (χ0v) is 6.48. The van der Waals surface area contributed by atoms with Crippen LogP contribution in [0.4, 0.5) is 0 Å². The van der Waals surface area contributed by atoms with Crippen LogP contribution in [0.3, 0.4) is 0 Å². The van der Waals surface area contributed by atoms with Crippen molar-refractivity contribution < 1.29 is 0 Å². The van der Waals surface area contributed by atoms with Gasteiger partial charge < -0.3 is 0 Å². The van der Waals surface area contributed by atoms with Gasteiger partial charge >= 0.3 is 0 Å². The molecule has 10 heavy (non-hydrogen) atoms. The number of hydrogen-bond donors (Lipinski definition) is 0. The van der Waals surface area contributed by atoms with Gasteiger partial charge in [0.25, 0.3) is 0 Å². The van der Waals surface area contributed by atoms with E-state index >= 15 is 0 Å². The highest BCUT2D eigenvalue weighted by Crippen LogP contribution is 2.13. The molecule has 0 saturated carbocycles. The van der Waals surface area contributed by atoms with E-state index in [0.717, 1.165) is 4.90 Å². The van der Waals surface area contributed by atoms with E-state index in [1.807, 2.05) is 37.5 Å². The van der Waals surface area contributed by atoms with E-state index < -0.39 is 0 Å². The topological polar surface area (TPSA) is 23.8 Å². The van der Waals surface area contributed by atoms with Crippen molar-refractivity contribution in [1.29, 1.82) is 5.26 Å². The summed E-state index contributed by atoms with van der Waals surface area (Å²) in [5.41, 5.74) is 1.22. The minimum absolute atomic E-state index is 1.01. The second kappa shape index (κ2) is 3.33. The highest BCUT2D eigenvalue weighted by molar-refractivity contribution is 8.03. The zero-order valence-electron chi connectivity index (χ0n) is 5.66. The van der Waals surface area contributed by atoms with Crippen LogP contribution in [0.15, 0.2) is 29.2 Å². The number of thiocyanates is 1. The molecule has 0 spiro atoms. The zero-order chi connectivity index (χ0) is 7.40. The van der Waals surface area contributed by atoms with Gasteiger partial charge in [0.2, 0.25) is 0 Å². The molecule has 1 nitrogen and oxygen atoms in total. The van der Waals surface area contributed by atoms with Gasteiger partial charge in [0.1, 0.15) is 13.2 Å². The van der Waals surface area contributed by atoms with Crippen LogP contribution in [-0.2, 0) is 0 Å². The molecule has 0 aromatic heterocycles. The quantitative estimate of drug-likeness (QED) is 0.328. The summed E-state index contributed by atoms with van der Waals surface area (Å²) in [6.45, 7) is 0. The van der Waals surface area contributed by atoms with Crippen LogP contribution in [0.25, 0.3) is 0 Å². The highest BCUT2D eigenvalue weighted by Gasteiger charge is 1.89. The van der Waals surface area contributed by atoms with Crippen LogP contribution in [0.2, 0.25) is 0 Å². The fourth-order valence-corrected chi connectivity index (χ4v) is 1.04. The lowest BCUT2D eigenvalue weighted by Gasteiger charge is -1.92. The van der Waals surface area contributed by atoms with Crippen molar-refractivity contribution in [3.05, 3.63) is 24.3 Å². The number of benzene rings is 1. The van der Waals surface area contributed by atoms with E-state index in [9.17, 15) is 0 Å². The molecule has 48 valence electrons. The molecule has 0 aliphatic rings. The number of nitrogens with zero attached hydrogens (tertiary/aromatic N) is 1. The van der Waals surface area contributed by atoms with E-state index in [0.29, 0.717) is 0 Å². The van der Waals surface area contributed by atoms with Crippen molar-refractivity contribution in [2.24, 2.45) is 0 Å². The first kappa shape index (κ1) is 7.23. The van der Waals surface area contributed by atoms with E-state index in [2.05, 4.69) is 0 Å². The van der Waals surface area contributed by atoms with Crippen molar-refractivity contribution >= 4 is 25.1 Å². The van der Waals surface area contributed by atoms with E-state index in [-0.39, 0.29) is 0 Å². The lowest BCUT2D eigenvalue weighted by molar-refractivity contribution is 1.49. The predicted octanol–water partition coefficient (Wildman–Crippen LogP) is 0.518. The summed E-state index contributed by atoms with van der Waals surface area (Å²) in [6, 6.07) is 7.89. The Morgan fingerprint density at radius 1 is 1.30 bits per heavy atom. The maximum atomic E-state index is 8.30. The maximum Gasteiger partial charge on any atom is 0.139 e. The van der Waals surface area contributed by atoms with E-state index in [4.69, 9.17) is 5.26 Å².